The minimum atomic E-state index is 0.0895. The van der Waals surface area contributed by atoms with E-state index in [4.69, 9.17) is 0 Å². The first-order valence-electron chi connectivity index (χ1n) is 8.73. The Morgan fingerprint density at radius 1 is 1.05 bits per heavy atom. The summed E-state index contributed by atoms with van der Waals surface area (Å²) in [5, 5.41) is 3.25. The van der Waals surface area contributed by atoms with Crippen molar-refractivity contribution in [2.75, 3.05) is 6.54 Å². The lowest BCUT2D eigenvalue weighted by Crippen LogP contribution is -2.58. The van der Waals surface area contributed by atoms with Crippen LogP contribution in [0.1, 0.15) is 62.7 Å². The van der Waals surface area contributed by atoms with E-state index in [0.29, 0.717) is 16.2 Å². The van der Waals surface area contributed by atoms with Gasteiger partial charge >= 0.3 is 0 Å². The molecule has 1 N–H and O–H groups in total. The average molecular weight is 297 g/mol. The maximum Gasteiger partial charge on any atom is 0.251 e. The Hall–Kier alpha value is -1.31. The van der Waals surface area contributed by atoms with Crippen molar-refractivity contribution < 1.29 is 4.79 Å². The Bertz CT molecular complexity index is 575. The summed E-state index contributed by atoms with van der Waals surface area (Å²) in [6, 6.07) is 9.62. The zero-order chi connectivity index (χ0) is 15.4. The van der Waals surface area contributed by atoms with Crippen molar-refractivity contribution >= 4 is 5.91 Å². The number of amides is 1. The molecular weight excluding hydrogens is 270 g/mol. The van der Waals surface area contributed by atoms with E-state index in [9.17, 15) is 4.79 Å². The van der Waals surface area contributed by atoms with E-state index in [1.807, 2.05) is 30.3 Å². The molecule has 0 radical (unpaired) electrons. The SMILES string of the molecule is CC12CC3CC(C)(C1)CC(CNC(=O)c1ccccc1)(C3)C2. The molecule has 2 nitrogen and oxygen atoms in total. The first-order valence-corrected chi connectivity index (χ1v) is 8.73. The van der Waals surface area contributed by atoms with Gasteiger partial charge in [-0.3, -0.25) is 4.79 Å². The van der Waals surface area contributed by atoms with Crippen molar-refractivity contribution in [3.05, 3.63) is 35.9 Å². The molecule has 4 fully saturated rings. The Labute approximate surface area is 133 Å². The van der Waals surface area contributed by atoms with Crippen LogP contribution < -0.4 is 5.32 Å². The van der Waals surface area contributed by atoms with Crippen molar-refractivity contribution in [1.82, 2.24) is 5.32 Å². The van der Waals surface area contributed by atoms with E-state index in [-0.39, 0.29) is 5.91 Å². The number of carbonyl (C=O) groups is 1. The highest BCUT2D eigenvalue weighted by Crippen LogP contribution is 2.69. The Kier molecular flexibility index (Phi) is 2.99. The number of hydrogen-bond donors (Lipinski definition) is 1. The van der Waals surface area contributed by atoms with Gasteiger partial charge in [-0.05, 0) is 72.8 Å². The number of benzene rings is 1. The highest BCUT2D eigenvalue weighted by Gasteiger charge is 2.59. The standard InChI is InChI=1S/C20H27NO/c1-18-8-15-9-19(2,11-18)13-20(10-15,12-18)14-21-17(22)16-6-4-3-5-7-16/h3-7,15H,8-14H2,1-2H3,(H,21,22). The Morgan fingerprint density at radius 3 is 2.27 bits per heavy atom. The highest BCUT2D eigenvalue weighted by molar-refractivity contribution is 5.94. The Balaban J connectivity index is 1.50. The molecule has 1 aromatic rings. The van der Waals surface area contributed by atoms with Crippen LogP contribution in [0, 0.1) is 22.2 Å². The molecule has 0 spiro atoms. The second kappa shape index (κ2) is 4.59. The van der Waals surface area contributed by atoms with Gasteiger partial charge in [-0.25, -0.2) is 0 Å². The summed E-state index contributed by atoms with van der Waals surface area (Å²) in [5.74, 6) is 0.978. The van der Waals surface area contributed by atoms with Gasteiger partial charge in [-0.2, -0.15) is 0 Å². The van der Waals surface area contributed by atoms with Crippen molar-refractivity contribution in [3.8, 4) is 0 Å². The maximum atomic E-state index is 12.4. The molecule has 1 aromatic carbocycles. The smallest absolute Gasteiger partial charge is 0.251 e. The van der Waals surface area contributed by atoms with E-state index in [0.717, 1.165) is 18.0 Å². The third kappa shape index (κ3) is 2.37. The van der Waals surface area contributed by atoms with Gasteiger partial charge in [0.05, 0.1) is 0 Å². The largest absolute Gasteiger partial charge is 0.351 e. The van der Waals surface area contributed by atoms with Crippen LogP contribution in [0.4, 0.5) is 0 Å². The van der Waals surface area contributed by atoms with Gasteiger partial charge in [0, 0.05) is 12.1 Å². The molecule has 22 heavy (non-hydrogen) atoms. The number of carbonyl (C=O) groups excluding carboxylic acids is 1. The summed E-state index contributed by atoms with van der Waals surface area (Å²) in [6.07, 6.45) is 8.16. The monoisotopic (exact) mass is 297 g/mol. The predicted octanol–water partition coefficient (Wildman–Crippen LogP) is 4.41. The molecule has 2 heteroatoms. The molecule has 0 aliphatic heterocycles. The van der Waals surface area contributed by atoms with Gasteiger partial charge in [-0.1, -0.05) is 32.0 Å². The van der Waals surface area contributed by atoms with Crippen molar-refractivity contribution in [2.45, 2.75) is 52.4 Å². The number of rotatable bonds is 3. The molecule has 1 amide bonds. The average Bonchev–Trinajstić information content (AvgIpc) is 2.42. The third-order valence-corrected chi connectivity index (χ3v) is 6.40. The molecule has 4 aliphatic carbocycles. The zero-order valence-corrected chi connectivity index (χ0v) is 13.8. The lowest BCUT2D eigenvalue weighted by atomic mass is 9.40. The zero-order valence-electron chi connectivity index (χ0n) is 13.8. The van der Waals surface area contributed by atoms with Crippen molar-refractivity contribution in [1.29, 1.82) is 0 Å². The second-order valence-corrected chi connectivity index (χ2v) is 9.18. The van der Waals surface area contributed by atoms with E-state index < -0.39 is 0 Å². The van der Waals surface area contributed by atoms with Crippen LogP contribution in [0.3, 0.4) is 0 Å². The molecular formula is C20H27NO. The molecule has 4 aliphatic rings. The molecule has 4 saturated carbocycles. The van der Waals surface area contributed by atoms with Crippen LogP contribution in [-0.2, 0) is 0 Å². The molecule has 118 valence electrons. The van der Waals surface area contributed by atoms with Crippen LogP contribution in [0.15, 0.2) is 30.3 Å². The van der Waals surface area contributed by atoms with Crippen LogP contribution in [-0.4, -0.2) is 12.5 Å². The van der Waals surface area contributed by atoms with Gasteiger partial charge in [0.2, 0.25) is 0 Å². The number of nitrogens with one attached hydrogen (secondary N) is 1. The molecule has 0 saturated heterocycles. The summed E-state index contributed by atoms with van der Waals surface area (Å²) in [7, 11) is 0. The topological polar surface area (TPSA) is 29.1 Å². The van der Waals surface area contributed by atoms with Crippen LogP contribution in [0.5, 0.6) is 0 Å². The molecule has 5 rings (SSSR count). The minimum absolute atomic E-state index is 0.0895. The minimum Gasteiger partial charge on any atom is -0.351 e. The Morgan fingerprint density at radius 2 is 1.68 bits per heavy atom. The summed E-state index contributed by atoms with van der Waals surface area (Å²) in [6.45, 7) is 5.84. The summed E-state index contributed by atoms with van der Waals surface area (Å²) >= 11 is 0. The van der Waals surface area contributed by atoms with Gasteiger partial charge in [0.1, 0.15) is 0 Å². The first kappa shape index (κ1) is 14.3. The first-order chi connectivity index (χ1) is 10.4. The van der Waals surface area contributed by atoms with E-state index >= 15 is 0 Å². The summed E-state index contributed by atoms with van der Waals surface area (Å²) in [5.41, 5.74) is 2.18. The maximum absolute atomic E-state index is 12.4. The van der Waals surface area contributed by atoms with Gasteiger partial charge in [0.25, 0.3) is 5.91 Å². The van der Waals surface area contributed by atoms with Crippen LogP contribution >= 0.6 is 0 Å². The summed E-state index contributed by atoms with van der Waals surface area (Å²) in [4.78, 5) is 12.4. The fraction of sp³-hybridized carbons (Fsp3) is 0.650. The lowest BCUT2D eigenvalue weighted by Gasteiger charge is -2.65. The van der Waals surface area contributed by atoms with E-state index in [1.165, 1.54) is 38.5 Å². The third-order valence-electron chi connectivity index (χ3n) is 6.40. The second-order valence-electron chi connectivity index (χ2n) is 9.18. The van der Waals surface area contributed by atoms with Gasteiger partial charge < -0.3 is 5.32 Å². The van der Waals surface area contributed by atoms with Crippen molar-refractivity contribution in [3.63, 3.8) is 0 Å². The predicted molar refractivity (Wildman–Crippen MR) is 88.6 cm³/mol. The normalized spacial score (nSPS) is 42.4. The molecule has 2 unspecified atom stereocenters. The van der Waals surface area contributed by atoms with Crippen LogP contribution in [0.2, 0.25) is 0 Å². The highest BCUT2D eigenvalue weighted by atomic mass is 16.1. The molecule has 0 aromatic heterocycles. The van der Waals surface area contributed by atoms with E-state index in [1.54, 1.807) is 0 Å². The number of hydrogen-bond acceptors (Lipinski definition) is 1. The fourth-order valence-electron chi connectivity index (χ4n) is 6.84. The van der Waals surface area contributed by atoms with Crippen LogP contribution in [0.25, 0.3) is 0 Å². The van der Waals surface area contributed by atoms with Crippen molar-refractivity contribution in [2.24, 2.45) is 22.2 Å². The lowest BCUT2D eigenvalue weighted by molar-refractivity contribution is -0.142. The fourth-order valence-corrected chi connectivity index (χ4v) is 6.84. The molecule has 2 atom stereocenters. The quantitative estimate of drug-likeness (QED) is 0.879. The van der Waals surface area contributed by atoms with Gasteiger partial charge in [-0.15, -0.1) is 0 Å². The van der Waals surface area contributed by atoms with E-state index in [2.05, 4.69) is 19.2 Å². The molecule has 0 heterocycles. The molecule has 4 bridgehead atoms. The van der Waals surface area contributed by atoms with Gasteiger partial charge in [0.15, 0.2) is 0 Å². The summed E-state index contributed by atoms with van der Waals surface area (Å²) < 4.78 is 0.